The number of nitrogens with zero attached hydrogens (tertiary/aromatic N) is 4. The number of aromatic nitrogens is 3. The molecule has 0 unspecified atom stereocenters. The molecule has 1 N–H and O–H groups in total. The number of amides is 2. The number of carbonyl (C=O) groups excluding carboxylic acids is 1. The number of urea groups is 1. The van der Waals surface area contributed by atoms with Gasteiger partial charge in [0.05, 0.1) is 31.5 Å². The van der Waals surface area contributed by atoms with Crippen molar-refractivity contribution in [1.82, 2.24) is 19.9 Å². The maximum atomic E-state index is 12.2. The summed E-state index contributed by atoms with van der Waals surface area (Å²) in [6.45, 7) is 4.58. The third kappa shape index (κ3) is 2.42. The number of morpholine rings is 1. The Morgan fingerprint density at radius 1 is 1.58 bits per heavy atom. The van der Waals surface area contributed by atoms with Crippen molar-refractivity contribution in [1.29, 1.82) is 0 Å². The van der Waals surface area contributed by atoms with E-state index in [1.165, 1.54) is 6.42 Å². The molecule has 19 heavy (non-hydrogen) atoms. The highest BCUT2D eigenvalue weighted by Crippen LogP contribution is 2.38. The van der Waals surface area contributed by atoms with Crippen molar-refractivity contribution in [2.75, 3.05) is 25.0 Å². The first kappa shape index (κ1) is 12.4. The van der Waals surface area contributed by atoms with Gasteiger partial charge in [-0.3, -0.25) is 5.32 Å². The lowest BCUT2D eigenvalue weighted by atomic mass is 9.79. The molecule has 1 aromatic rings. The standard InChI is InChI=1S/C12H19N5O2/c1-2-17-13-8-10(15-17)14-11(18)16-6-7-19-12(9-16)4-3-5-12/h8H,2-7,9H2,1H3,(H,14,15,18). The third-order valence-electron chi connectivity index (χ3n) is 3.85. The number of ether oxygens (including phenoxy) is 1. The molecule has 0 atom stereocenters. The Morgan fingerprint density at radius 2 is 2.42 bits per heavy atom. The largest absolute Gasteiger partial charge is 0.371 e. The van der Waals surface area contributed by atoms with Gasteiger partial charge in [0, 0.05) is 6.54 Å². The Bertz CT molecular complexity index is 468. The van der Waals surface area contributed by atoms with Crippen LogP contribution in [0.1, 0.15) is 26.2 Å². The number of rotatable bonds is 2. The minimum atomic E-state index is -0.113. The topological polar surface area (TPSA) is 72.3 Å². The maximum absolute atomic E-state index is 12.2. The van der Waals surface area contributed by atoms with Gasteiger partial charge in [-0.05, 0) is 26.2 Å². The molecule has 104 valence electrons. The summed E-state index contributed by atoms with van der Waals surface area (Å²) in [6, 6.07) is -0.113. The Hall–Kier alpha value is -1.63. The second-order valence-corrected chi connectivity index (χ2v) is 5.16. The van der Waals surface area contributed by atoms with E-state index >= 15 is 0 Å². The molecular formula is C12H19N5O2. The molecule has 1 aromatic heterocycles. The average molecular weight is 265 g/mol. The van der Waals surface area contributed by atoms with E-state index in [9.17, 15) is 4.79 Å². The van der Waals surface area contributed by atoms with Crippen LogP contribution in [0.25, 0.3) is 0 Å². The zero-order chi connectivity index (χ0) is 13.3. The Kier molecular flexibility index (Phi) is 3.14. The molecule has 1 aliphatic carbocycles. The molecule has 7 nitrogen and oxygen atoms in total. The Morgan fingerprint density at radius 3 is 3.05 bits per heavy atom. The van der Waals surface area contributed by atoms with Gasteiger partial charge in [0.15, 0.2) is 5.82 Å². The molecule has 0 bridgehead atoms. The van der Waals surface area contributed by atoms with Crippen molar-refractivity contribution >= 4 is 11.8 Å². The van der Waals surface area contributed by atoms with Crippen LogP contribution < -0.4 is 5.32 Å². The zero-order valence-electron chi connectivity index (χ0n) is 11.1. The summed E-state index contributed by atoms with van der Waals surface area (Å²) < 4.78 is 5.80. The third-order valence-corrected chi connectivity index (χ3v) is 3.85. The van der Waals surface area contributed by atoms with Gasteiger partial charge < -0.3 is 9.64 Å². The molecule has 2 fully saturated rings. The monoisotopic (exact) mass is 265 g/mol. The summed E-state index contributed by atoms with van der Waals surface area (Å²) in [7, 11) is 0. The quantitative estimate of drug-likeness (QED) is 0.868. The minimum Gasteiger partial charge on any atom is -0.371 e. The SMILES string of the molecule is CCn1ncc(NC(=O)N2CCOC3(CCC3)C2)n1. The molecule has 0 aromatic carbocycles. The second kappa shape index (κ2) is 4.80. The van der Waals surface area contributed by atoms with Crippen LogP contribution in [-0.4, -0.2) is 51.2 Å². The summed E-state index contributed by atoms with van der Waals surface area (Å²) in [6.07, 6.45) is 4.88. The van der Waals surface area contributed by atoms with E-state index < -0.39 is 0 Å². The number of anilines is 1. The highest BCUT2D eigenvalue weighted by molar-refractivity contribution is 5.88. The number of hydrogen-bond acceptors (Lipinski definition) is 4. The summed E-state index contributed by atoms with van der Waals surface area (Å²) in [4.78, 5) is 15.5. The van der Waals surface area contributed by atoms with E-state index in [4.69, 9.17) is 4.74 Å². The van der Waals surface area contributed by atoms with E-state index in [1.54, 1.807) is 11.0 Å². The highest BCUT2D eigenvalue weighted by atomic mass is 16.5. The van der Waals surface area contributed by atoms with Gasteiger partial charge in [0.2, 0.25) is 0 Å². The number of nitrogens with one attached hydrogen (secondary N) is 1. The van der Waals surface area contributed by atoms with E-state index in [0.29, 0.717) is 32.1 Å². The fraction of sp³-hybridized carbons (Fsp3) is 0.750. The maximum Gasteiger partial charge on any atom is 0.323 e. The van der Waals surface area contributed by atoms with Crippen LogP contribution >= 0.6 is 0 Å². The van der Waals surface area contributed by atoms with Crippen molar-refractivity contribution in [2.24, 2.45) is 0 Å². The first-order valence-electron chi connectivity index (χ1n) is 6.81. The number of hydrogen-bond donors (Lipinski definition) is 1. The molecule has 1 spiro atoms. The molecule has 1 saturated heterocycles. The molecule has 2 heterocycles. The van der Waals surface area contributed by atoms with Crippen LogP contribution in [0.2, 0.25) is 0 Å². The molecule has 2 amide bonds. The molecule has 1 aliphatic heterocycles. The van der Waals surface area contributed by atoms with Crippen LogP contribution in [0.15, 0.2) is 6.20 Å². The van der Waals surface area contributed by atoms with Gasteiger partial charge in [0.1, 0.15) is 0 Å². The molecule has 2 aliphatic rings. The smallest absolute Gasteiger partial charge is 0.323 e. The Labute approximate surface area is 111 Å². The number of carbonyl (C=O) groups is 1. The predicted molar refractivity (Wildman–Crippen MR) is 68.8 cm³/mol. The van der Waals surface area contributed by atoms with E-state index in [2.05, 4.69) is 15.5 Å². The van der Waals surface area contributed by atoms with Crippen molar-refractivity contribution < 1.29 is 9.53 Å². The molecule has 7 heteroatoms. The first-order valence-corrected chi connectivity index (χ1v) is 6.81. The summed E-state index contributed by atoms with van der Waals surface area (Å²) in [5, 5.41) is 11.0. The molecule has 0 radical (unpaired) electrons. The summed E-state index contributed by atoms with van der Waals surface area (Å²) in [5.74, 6) is 0.501. The zero-order valence-corrected chi connectivity index (χ0v) is 11.1. The van der Waals surface area contributed by atoms with Gasteiger partial charge >= 0.3 is 6.03 Å². The van der Waals surface area contributed by atoms with Crippen LogP contribution in [0.4, 0.5) is 10.6 Å². The van der Waals surface area contributed by atoms with Gasteiger partial charge in [-0.1, -0.05) is 0 Å². The summed E-state index contributed by atoms with van der Waals surface area (Å²) in [5.41, 5.74) is -0.0728. The van der Waals surface area contributed by atoms with Crippen molar-refractivity contribution in [3.8, 4) is 0 Å². The molecular weight excluding hydrogens is 246 g/mol. The minimum absolute atomic E-state index is 0.0728. The van der Waals surface area contributed by atoms with Gasteiger partial charge in [0.25, 0.3) is 0 Å². The lowest BCUT2D eigenvalue weighted by Gasteiger charge is -2.48. The van der Waals surface area contributed by atoms with Crippen LogP contribution in [0, 0.1) is 0 Å². The van der Waals surface area contributed by atoms with Crippen molar-refractivity contribution in [2.45, 2.75) is 38.3 Å². The van der Waals surface area contributed by atoms with Gasteiger partial charge in [-0.2, -0.15) is 9.90 Å². The van der Waals surface area contributed by atoms with Crippen molar-refractivity contribution in [3.63, 3.8) is 0 Å². The van der Waals surface area contributed by atoms with E-state index in [0.717, 1.165) is 12.8 Å². The highest BCUT2D eigenvalue weighted by Gasteiger charge is 2.43. The van der Waals surface area contributed by atoms with Crippen LogP contribution in [-0.2, 0) is 11.3 Å². The van der Waals surface area contributed by atoms with Crippen LogP contribution in [0.5, 0.6) is 0 Å². The van der Waals surface area contributed by atoms with Gasteiger partial charge in [-0.25, -0.2) is 4.79 Å². The molecule has 3 rings (SSSR count). The lowest BCUT2D eigenvalue weighted by Crippen LogP contribution is -2.57. The van der Waals surface area contributed by atoms with Gasteiger partial charge in [-0.15, -0.1) is 5.10 Å². The normalized spacial score (nSPS) is 21.2. The average Bonchev–Trinajstić information content (AvgIpc) is 2.85. The van der Waals surface area contributed by atoms with Crippen LogP contribution in [0.3, 0.4) is 0 Å². The Balaban J connectivity index is 1.60. The second-order valence-electron chi connectivity index (χ2n) is 5.16. The van der Waals surface area contributed by atoms with E-state index in [1.807, 2.05) is 11.8 Å². The number of aryl methyl sites for hydroxylation is 1. The first-order chi connectivity index (χ1) is 9.21. The fourth-order valence-electron chi connectivity index (χ4n) is 2.59. The predicted octanol–water partition coefficient (Wildman–Crippen LogP) is 1.08. The fourth-order valence-corrected chi connectivity index (χ4v) is 2.59. The summed E-state index contributed by atoms with van der Waals surface area (Å²) >= 11 is 0. The lowest BCUT2D eigenvalue weighted by molar-refractivity contribution is -0.140. The van der Waals surface area contributed by atoms with E-state index in [-0.39, 0.29) is 11.6 Å². The van der Waals surface area contributed by atoms with Crippen molar-refractivity contribution in [3.05, 3.63) is 6.20 Å². The molecule has 1 saturated carbocycles.